The number of carboxylic acids is 1. The van der Waals surface area contributed by atoms with Crippen molar-refractivity contribution in [2.45, 2.75) is 167 Å². The average Bonchev–Trinajstić information content (AvgIpc) is 3.19. The number of hydrogen-bond donors (Lipinski definition) is 0. The van der Waals surface area contributed by atoms with Gasteiger partial charge < -0.3 is 28.6 Å². The van der Waals surface area contributed by atoms with Crippen LogP contribution in [-0.4, -0.2) is 75.5 Å². The molecule has 0 spiro atoms. The van der Waals surface area contributed by atoms with Gasteiger partial charge in [0.15, 0.2) is 6.10 Å². The number of carbonyl (C=O) groups is 3. The molecule has 0 amide bonds. The van der Waals surface area contributed by atoms with Gasteiger partial charge in [0.05, 0.1) is 40.3 Å². The van der Waals surface area contributed by atoms with Crippen LogP contribution < -0.4 is 5.11 Å². The molecule has 0 aromatic carbocycles. The molecule has 0 aliphatic heterocycles. The Balaban J connectivity index is 4.42. The summed E-state index contributed by atoms with van der Waals surface area (Å²) in [7, 11) is 5.38. The third-order valence-electron chi connectivity index (χ3n) is 9.47. The first kappa shape index (κ1) is 55.2. The minimum atomic E-state index is -1.14. The SMILES string of the molecule is CC/C=C/C/C=C/C/C=C/C/C=C/C/C=C/C/C=C/CCCCC(=O)OCC(COCCC(C(=O)[O-])[N+](C)(C)C)OC(=O)CCCCCCCCC/C=C/C/C=C/CC. The van der Waals surface area contributed by atoms with Crippen LogP contribution >= 0.6 is 0 Å². The van der Waals surface area contributed by atoms with E-state index in [0.29, 0.717) is 12.8 Å². The predicted molar refractivity (Wildman–Crippen MR) is 245 cm³/mol. The van der Waals surface area contributed by atoms with Crippen molar-refractivity contribution in [2.75, 3.05) is 41.0 Å². The molecule has 0 aliphatic carbocycles. The van der Waals surface area contributed by atoms with Gasteiger partial charge >= 0.3 is 11.9 Å². The Morgan fingerprint density at radius 2 is 0.898 bits per heavy atom. The third kappa shape index (κ3) is 39.5. The van der Waals surface area contributed by atoms with Gasteiger partial charge in [-0.1, -0.05) is 143 Å². The lowest BCUT2D eigenvalue weighted by Crippen LogP contribution is -2.55. The van der Waals surface area contributed by atoms with Crippen LogP contribution in [0.2, 0.25) is 0 Å². The number of hydrogen-bond acceptors (Lipinski definition) is 7. The molecule has 0 aromatic rings. The normalized spacial score (nSPS) is 13.8. The fourth-order valence-electron chi connectivity index (χ4n) is 5.99. The second-order valence-corrected chi connectivity index (χ2v) is 15.9. The van der Waals surface area contributed by atoms with Gasteiger partial charge in [-0.3, -0.25) is 9.59 Å². The summed E-state index contributed by atoms with van der Waals surface area (Å²) in [6, 6.07) is -0.739. The molecule has 0 rings (SSSR count). The first-order valence-electron chi connectivity index (χ1n) is 22.8. The zero-order valence-corrected chi connectivity index (χ0v) is 37.9. The number of carbonyl (C=O) groups excluding carboxylic acids is 3. The van der Waals surface area contributed by atoms with Gasteiger partial charge in [0.25, 0.3) is 0 Å². The second kappa shape index (κ2) is 41.0. The van der Waals surface area contributed by atoms with Crippen molar-refractivity contribution in [3.8, 4) is 0 Å². The largest absolute Gasteiger partial charge is 0.544 e. The number of quaternary nitrogens is 1. The lowest BCUT2D eigenvalue weighted by molar-refractivity contribution is -0.889. The molecule has 0 heterocycles. The van der Waals surface area contributed by atoms with Crippen molar-refractivity contribution in [1.82, 2.24) is 0 Å². The molecule has 59 heavy (non-hydrogen) atoms. The smallest absolute Gasteiger partial charge is 0.306 e. The summed E-state index contributed by atoms with van der Waals surface area (Å²) in [5.74, 6) is -1.82. The Labute approximate surface area is 360 Å². The van der Waals surface area contributed by atoms with Crippen molar-refractivity contribution in [2.24, 2.45) is 0 Å². The van der Waals surface area contributed by atoms with Crippen LogP contribution in [0.1, 0.15) is 155 Å². The molecule has 0 radical (unpaired) electrons. The highest BCUT2D eigenvalue weighted by Crippen LogP contribution is 2.13. The van der Waals surface area contributed by atoms with E-state index >= 15 is 0 Å². The number of esters is 2. The Bertz CT molecular complexity index is 1280. The van der Waals surface area contributed by atoms with Gasteiger partial charge in [-0.05, 0) is 89.9 Å². The molecule has 0 bridgehead atoms. The monoisotopic (exact) mass is 822 g/mol. The summed E-state index contributed by atoms with van der Waals surface area (Å²) >= 11 is 0. The standard InChI is InChI=1S/C51H83NO7/c1-6-8-10-12-14-16-18-20-22-23-24-25-26-27-28-30-31-33-35-37-39-41-49(53)58-46-47(45-57-44-43-48(51(55)56)52(3,4)5)59-50(54)42-40-38-36-34-32-29-21-19-17-15-13-11-9-7-2/h8-11,14-17,20,22,24-25,27-28,31,33,47-48H,6-7,12-13,18-19,21,23,26,29-30,32,34-46H2,1-5H3/b10-8+,11-9+,16-14+,17-15+,22-20+,25-24+,28-27+,33-31+. The molecule has 0 saturated heterocycles. The number of nitrogens with zero attached hydrogens (tertiary/aromatic N) is 1. The third-order valence-corrected chi connectivity index (χ3v) is 9.47. The van der Waals surface area contributed by atoms with E-state index in [1.807, 2.05) is 0 Å². The number of aliphatic carboxylic acids is 1. The quantitative estimate of drug-likeness (QED) is 0.0263. The van der Waals surface area contributed by atoms with Crippen molar-refractivity contribution in [3.05, 3.63) is 97.2 Å². The minimum absolute atomic E-state index is 0.0171. The Morgan fingerprint density at radius 3 is 1.36 bits per heavy atom. The molecule has 0 fully saturated rings. The molecule has 0 aromatic heterocycles. The van der Waals surface area contributed by atoms with E-state index in [9.17, 15) is 19.5 Å². The maximum atomic E-state index is 12.7. The van der Waals surface area contributed by atoms with Crippen LogP contribution in [0.15, 0.2) is 97.2 Å². The lowest BCUT2D eigenvalue weighted by Gasteiger charge is -2.34. The first-order chi connectivity index (χ1) is 28.6. The number of ether oxygens (including phenoxy) is 3. The van der Waals surface area contributed by atoms with Gasteiger partial charge in [0.1, 0.15) is 12.6 Å². The van der Waals surface area contributed by atoms with Crippen LogP contribution in [0.5, 0.6) is 0 Å². The fraction of sp³-hybridized carbons (Fsp3) is 0.627. The Hall–Kier alpha value is -3.75. The zero-order chi connectivity index (χ0) is 43.5. The van der Waals surface area contributed by atoms with Gasteiger partial charge in [-0.25, -0.2) is 0 Å². The van der Waals surface area contributed by atoms with Crippen molar-refractivity contribution < 1.29 is 38.2 Å². The molecule has 0 aliphatic rings. The average molecular weight is 822 g/mol. The summed E-state index contributed by atoms with van der Waals surface area (Å²) in [6.07, 6.45) is 54.4. The van der Waals surface area contributed by atoms with E-state index in [4.69, 9.17) is 14.2 Å². The molecule has 8 heteroatoms. The highest BCUT2D eigenvalue weighted by Gasteiger charge is 2.25. The lowest BCUT2D eigenvalue weighted by atomic mass is 10.1. The highest BCUT2D eigenvalue weighted by molar-refractivity contribution is 5.70. The van der Waals surface area contributed by atoms with E-state index < -0.39 is 18.1 Å². The summed E-state index contributed by atoms with van der Waals surface area (Å²) in [5.41, 5.74) is 0. The number of rotatable bonds is 39. The van der Waals surface area contributed by atoms with E-state index in [1.165, 1.54) is 19.3 Å². The van der Waals surface area contributed by atoms with E-state index in [-0.39, 0.29) is 49.1 Å². The Kier molecular flexibility index (Phi) is 38.4. The fourth-order valence-corrected chi connectivity index (χ4v) is 5.99. The first-order valence-corrected chi connectivity index (χ1v) is 22.8. The van der Waals surface area contributed by atoms with Crippen molar-refractivity contribution in [3.63, 3.8) is 0 Å². The molecular weight excluding hydrogens is 739 g/mol. The summed E-state index contributed by atoms with van der Waals surface area (Å²) in [4.78, 5) is 36.9. The maximum Gasteiger partial charge on any atom is 0.306 e. The predicted octanol–water partition coefficient (Wildman–Crippen LogP) is 11.4. The van der Waals surface area contributed by atoms with E-state index in [2.05, 4.69) is 111 Å². The summed E-state index contributed by atoms with van der Waals surface area (Å²) in [6.45, 7) is 4.37. The van der Waals surface area contributed by atoms with Gasteiger partial charge in [0, 0.05) is 19.3 Å². The molecule has 334 valence electrons. The Morgan fingerprint density at radius 1 is 0.508 bits per heavy atom. The summed E-state index contributed by atoms with van der Waals surface area (Å²) in [5, 5.41) is 11.6. The molecule has 0 N–H and O–H groups in total. The molecule has 2 atom stereocenters. The highest BCUT2D eigenvalue weighted by atomic mass is 16.6. The maximum absolute atomic E-state index is 12.7. The number of carboxylic acid groups (broad SMARTS) is 1. The van der Waals surface area contributed by atoms with Crippen molar-refractivity contribution in [1.29, 1.82) is 0 Å². The van der Waals surface area contributed by atoms with Crippen LogP contribution in [-0.2, 0) is 28.6 Å². The van der Waals surface area contributed by atoms with Crippen LogP contribution in [0, 0.1) is 0 Å². The van der Waals surface area contributed by atoms with Crippen molar-refractivity contribution >= 4 is 17.9 Å². The zero-order valence-electron chi connectivity index (χ0n) is 37.9. The molecule has 0 saturated carbocycles. The van der Waals surface area contributed by atoms with E-state index in [1.54, 1.807) is 21.1 Å². The van der Waals surface area contributed by atoms with Gasteiger partial charge in [-0.15, -0.1) is 0 Å². The molecule has 8 nitrogen and oxygen atoms in total. The molecular formula is C51H83NO7. The minimum Gasteiger partial charge on any atom is -0.544 e. The summed E-state index contributed by atoms with van der Waals surface area (Å²) < 4.78 is 17.1. The molecule has 2 unspecified atom stereocenters. The van der Waals surface area contributed by atoms with Crippen LogP contribution in [0.3, 0.4) is 0 Å². The number of unbranched alkanes of at least 4 members (excludes halogenated alkanes) is 9. The van der Waals surface area contributed by atoms with Crippen LogP contribution in [0.25, 0.3) is 0 Å². The van der Waals surface area contributed by atoms with Gasteiger partial charge in [0.2, 0.25) is 0 Å². The second-order valence-electron chi connectivity index (χ2n) is 15.9. The number of allylic oxidation sites excluding steroid dienone is 16. The van der Waals surface area contributed by atoms with E-state index in [0.717, 1.165) is 96.3 Å². The van der Waals surface area contributed by atoms with Gasteiger partial charge in [-0.2, -0.15) is 0 Å². The topological polar surface area (TPSA) is 102 Å². The number of likely N-dealkylation sites (N-methyl/N-ethyl adjacent to an activating group) is 1. The van der Waals surface area contributed by atoms with Crippen LogP contribution in [0.4, 0.5) is 0 Å².